The molecule has 0 spiro atoms. The number of amides is 1. The van der Waals surface area contributed by atoms with Crippen LogP contribution in [0.5, 0.6) is 11.5 Å². The number of hydrogen-bond acceptors (Lipinski definition) is 4. The van der Waals surface area contributed by atoms with Crippen LogP contribution in [0.2, 0.25) is 10.0 Å². The zero-order valence-corrected chi connectivity index (χ0v) is 18.0. The van der Waals surface area contributed by atoms with Gasteiger partial charge in [-0.15, -0.1) is 0 Å². The number of aliphatic hydroxyl groups excluding tert-OH is 1. The van der Waals surface area contributed by atoms with Crippen molar-refractivity contribution in [2.45, 2.75) is 37.3 Å². The van der Waals surface area contributed by atoms with Crippen LogP contribution in [0.4, 0.5) is 8.78 Å². The molecule has 5 nitrogen and oxygen atoms in total. The van der Waals surface area contributed by atoms with Gasteiger partial charge in [0.1, 0.15) is 23.1 Å². The lowest BCUT2D eigenvalue weighted by Gasteiger charge is -2.33. The second-order valence-electron chi connectivity index (χ2n) is 8.33. The first kappa shape index (κ1) is 22.1. The van der Waals surface area contributed by atoms with Gasteiger partial charge in [0.05, 0.1) is 28.3 Å². The van der Waals surface area contributed by atoms with Crippen molar-refractivity contribution in [3.8, 4) is 11.5 Å². The number of benzene rings is 2. The van der Waals surface area contributed by atoms with E-state index in [1.54, 1.807) is 6.07 Å². The Morgan fingerprint density at radius 3 is 2.26 bits per heavy atom. The third kappa shape index (κ3) is 4.59. The number of carbonyl (C=O) groups excluding carboxylic acids is 1. The molecule has 4 rings (SSSR count). The van der Waals surface area contributed by atoms with Gasteiger partial charge >= 0.3 is 0 Å². The first-order chi connectivity index (χ1) is 14.7. The predicted molar refractivity (Wildman–Crippen MR) is 112 cm³/mol. The van der Waals surface area contributed by atoms with Crippen LogP contribution in [0.1, 0.15) is 25.7 Å². The SMILES string of the molecule is O=C(COc1ccc(Cl)c(F)c1)NC12CCC(COc3ccc(Cl)c(F)c3)(CC1O)C2. The van der Waals surface area contributed by atoms with Gasteiger partial charge in [-0.25, -0.2) is 8.78 Å². The number of fused-ring (bicyclic) bond motifs is 2. The van der Waals surface area contributed by atoms with Gasteiger partial charge in [0, 0.05) is 17.5 Å². The summed E-state index contributed by atoms with van der Waals surface area (Å²) in [5.74, 6) is -1.05. The van der Waals surface area contributed by atoms with Crippen LogP contribution in [-0.4, -0.2) is 35.9 Å². The van der Waals surface area contributed by atoms with Crippen molar-refractivity contribution in [3.63, 3.8) is 0 Å². The highest BCUT2D eigenvalue weighted by atomic mass is 35.5. The number of nitrogens with one attached hydrogen (secondary N) is 1. The molecule has 2 fully saturated rings. The minimum absolute atomic E-state index is 0.0213. The van der Waals surface area contributed by atoms with Gasteiger partial charge in [-0.3, -0.25) is 4.79 Å². The molecule has 2 N–H and O–H groups in total. The second-order valence-corrected chi connectivity index (χ2v) is 9.14. The Bertz CT molecular complexity index is 1010. The highest BCUT2D eigenvalue weighted by Crippen LogP contribution is 2.56. The van der Waals surface area contributed by atoms with Gasteiger partial charge in [-0.05, 0) is 49.9 Å². The fourth-order valence-corrected chi connectivity index (χ4v) is 4.84. The van der Waals surface area contributed by atoms with E-state index in [-0.39, 0.29) is 27.8 Å². The van der Waals surface area contributed by atoms with Crippen LogP contribution in [-0.2, 0) is 4.79 Å². The molecule has 166 valence electrons. The number of carbonyl (C=O) groups is 1. The Morgan fingerprint density at radius 1 is 1.06 bits per heavy atom. The molecule has 0 heterocycles. The van der Waals surface area contributed by atoms with Crippen molar-refractivity contribution in [1.82, 2.24) is 5.32 Å². The lowest BCUT2D eigenvalue weighted by atomic mass is 9.83. The normalized spacial score (nSPS) is 26.7. The van der Waals surface area contributed by atoms with E-state index in [9.17, 15) is 18.7 Å². The number of hydrogen-bond donors (Lipinski definition) is 2. The fraction of sp³-hybridized carbons (Fsp3) is 0.409. The topological polar surface area (TPSA) is 67.8 Å². The third-order valence-corrected chi connectivity index (χ3v) is 6.75. The van der Waals surface area contributed by atoms with E-state index in [4.69, 9.17) is 32.7 Å². The van der Waals surface area contributed by atoms with Gasteiger partial charge in [0.2, 0.25) is 0 Å². The molecule has 2 bridgehead atoms. The summed E-state index contributed by atoms with van der Waals surface area (Å²) in [6, 6.07) is 8.18. The van der Waals surface area contributed by atoms with Crippen molar-refractivity contribution in [2.75, 3.05) is 13.2 Å². The van der Waals surface area contributed by atoms with Crippen molar-refractivity contribution < 1.29 is 28.2 Å². The molecule has 31 heavy (non-hydrogen) atoms. The number of aliphatic hydroxyl groups is 1. The minimum atomic E-state index is -0.764. The maximum absolute atomic E-state index is 13.6. The van der Waals surface area contributed by atoms with Gasteiger partial charge in [0.25, 0.3) is 5.91 Å². The van der Waals surface area contributed by atoms with Crippen LogP contribution in [0.3, 0.4) is 0 Å². The lowest BCUT2D eigenvalue weighted by Crippen LogP contribution is -2.54. The second kappa shape index (κ2) is 8.45. The highest BCUT2D eigenvalue weighted by Gasteiger charge is 2.60. The molecule has 2 aromatic rings. The summed E-state index contributed by atoms with van der Waals surface area (Å²) in [6.07, 6.45) is 1.62. The minimum Gasteiger partial charge on any atom is -0.493 e. The molecule has 1 amide bonds. The summed E-state index contributed by atoms with van der Waals surface area (Å²) in [5, 5.41) is 13.6. The van der Waals surface area contributed by atoms with Gasteiger partial charge < -0.3 is 19.9 Å². The summed E-state index contributed by atoms with van der Waals surface area (Å²) in [7, 11) is 0. The molecule has 0 saturated heterocycles. The summed E-state index contributed by atoms with van der Waals surface area (Å²) < 4.78 is 38.2. The maximum Gasteiger partial charge on any atom is 0.258 e. The van der Waals surface area contributed by atoms with E-state index in [1.807, 2.05) is 0 Å². The Kier molecular flexibility index (Phi) is 6.03. The number of ether oxygens (including phenoxy) is 2. The Morgan fingerprint density at radius 2 is 1.68 bits per heavy atom. The molecule has 3 unspecified atom stereocenters. The molecule has 2 aliphatic rings. The van der Waals surface area contributed by atoms with E-state index in [0.29, 0.717) is 31.6 Å². The van der Waals surface area contributed by atoms with E-state index in [2.05, 4.69) is 5.32 Å². The standard InChI is InChI=1S/C22H21Cl2F2NO4/c23-15-3-1-13(7-17(15)25)30-10-20(29)27-22-6-5-21(11-22,9-19(22)28)12-31-14-2-4-16(24)18(26)8-14/h1-4,7-8,19,28H,5-6,9-12H2,(H,27,29). The Hall–Kier alpha value is -2.09. The van der Waals surface area contributed by atoms with Crippen molar-refractivity contribution in [1.29, 1.82) is 0 Å². The molecular weight excluding hydrogens is 451 g/mol. The van der Waals surface area contributed by atoms with Crippen LogP contribution >= 0.6 is 23.2 Å². The maximum atomic E-state index is 13.6. The molecule has 0 aromatic heterocycles. The lowest BCUT2D eigenvalue weighted by molar-refractivity contribution is -0.126. The van der Waals surface area contributed by atoms with Crippen LogP contribution in [0.25, 0.3) is 0 Å². The van der Waals surface area contributed by atoms with E-state index in [0.717, 1.165) is 12.5 Å². The van der Waals surface area contributed by atoms with Gasteiger partial charge in [-0.2, -0.15) is 0 Å². The fourth-order valence-electron chi connectivity index (χ4n) is 4.60. The van der Waals surface area contributed by atoms with Gasteiger partial charge in [0.15, 0.2) is 6.61 Å². The largest absolute Gasteiger partial charge is 0.493 e. The molecule has 0 radical (unpaired) electrons. The Balaban J connectivity index is 1.34. The molecule has 0 aliphatic heterocycles. The van der Waals surface area contributed by atoms with Gasteiger partial charge in [-0.1, -0.05) is 23.2 Å². The first-order valence-corrected chi connectivity index (χ1v) is 10.6. The average Bonchev–Trinajstić information content (AvgIpc) is 3.22. The molecule has 9 heteroatoms. The summed E-state index contributed by atoms with van der Waals surface area (Å²) in [6.45, 7) is -0.0214. The van der Waals surface area contributed by atoms with Crippen LogP contribution in [0, 0.1) is 17.0 Å². The number of rotatable bonds is 7. The van der Waals surface area contributed by atoms with Crippen LogP contribution < -0.4 is 14.8 Å². The Labute approximate surface area is 188 Å². The zero-order chi connectivity index (χ0) is 22.2. The van der Waals surface area contributed by atoms with E-state index < -0.39 is 29.2 Å². The van der Waals surface area contributed by atoms with E-state index >= 15 is 0 Å². The molecule has 2 saturated carbocycles. The zero-order valence-electron chi connectivity index (χ0n) is 16.5. The smallest absolute Gasteiger partial charge is 0.258 e. The number of halogens is 4. The average molecular weight is 472 g/mol. The van der Waals surface area contributed by atoms with Crippen molar-refractivity contribution in [2.24, 2.45) is 5.41 Å². The third-order valence-electron chi connectivity index (χ3n) is 6.14. The summed E-state index contributed by atoms with van der Waals surface area (Å²) in [4.78, 5) is 12.5. The van der Waals surface area contributed by atoms with Crippen molar-refractivity contribution >= 4 is 29.1 Å². The molecule has 2 aromatic carbocycles. The molecular formula is C22H21Cl2F2NO4. The van der Waals surface area contributed by atoms with E-state index in [1.165, 1.54) is 24.3 Å². The van der Waals surface area contributed by atoms with Crippen LogP contribution in [0.15, 0.2) is 36.4 Å². The summed E-state index contributed by atoms with van der Waals surface area (Å²) in [5.41, 5.74) is -1.08. The summed E-state index contributed by atoms with van der Waals surface area (Å²) >= 11 is 11.3. The molecule has 3 atom stereocenters. The quantitative estimate of drug-likeness (QED) is 0.622. The monoisotopic (exact) mass is 471 g/mol. The van der Waals surface area contributed by atoms with Crippen molar-refractivity contribution in [3.05, 3.63) is 58.1 Å². The molecule has 2 aliphatic carbocycles. The highest BCUT2D eigenvalue weighted by molar-refractivity contribution is 6.31. The predicted octanol–water partition coefficient (Wildman–Crippen LogP) is 4.52. The first-order valence-electron chi connectivity index (χ1n) is 9.85.